The van der Waals surface area contributed by atoms with Crippen molar-refractivity contribution in [2.45, 2.75) is 25.9 Å². The molecule has 4 aromatic rings. The van der Waals surface area contributed by atoms with Crippen LogP contribution in [0.2, 0.25) is 0 Å². The van der Waals surface area contributed by atoms with Gasteiger partial charge in [-0.1, -0.05) is 42.5 Å². The number of hydrogen-bond donors (Lipinski definition) is 1. The predicted molar refractivity (Wildman–Crippen MR) is 103 cm³/mol. The van der Waals surface area contributed by atoms with E-state index in [0.29, 0.717) is 18.5 Å². The molecule has 0 radical (unpaired) electrons. The van der Waals surface area contributed by atoms with E-state index in [1.54, 1.807) is 6.33 Å². The van der Waals surface area contributed by atoms with E-state index in [2.05, 4.69) is 33.9 Å². The van der Waals surface area contributed by atoms with Crippen molar-refractivity contribution in [3.05, 3.63) is 66.5 Å². The minimum absolute atomic E-state index is 0.103. The number of aliphatic hydroxyl groups is 1. The van der Waals surface area contributed by atoms with Gasteiger partial charge in [-0.05, 0) is 31.0 Å². The topological polar surface area (TPSA) is 62.4 Å². The van der Waals surface area contributed by atoms with Crippen molar-refractivity contribution in [3.63, 3.8) is 0 Å². The van der Waals surface area contributed by atoms with Crippen molar-refractivity contribution in [1.29, 1.82) is 0 Å². The predicted octanol–water partition coefficient (Wildman–Crippen LogP) is 4.15. The number of aromatic nitrogens is 2. The van der Waals surface area contributed by atoms with Gasteiger partial charge in [0, 0.05) is 24.6 Å². The molecule has 132 valence electrons. The molecule has 0 aliphatic carbocycles. The van der Waals surface area contributed by atoms with Crippen LogP contribution in [0.25, 0.3) is 22.1 Å². The first-order chi connectivity index (χ1) is 12.8. The Morgan fingerprint density at radius 3 is 2.62 bits per heavy atom. The number of para-hydroxylation sites is 1. The van der Waals surface area contributed by atoms with Crippen LogP contribution in [0.3, 0.4) is 0 Å². The van der Waals surface area contributed by atoms with Crippen LogP contribution in [-0.4, -0.2) is 27.7 Å². The summed E-state index contributed by atoms with van der Waals surface area (Å²) in [4.78, 5) is 11.2. The molecule has 5 nitrogen and oxygen atoms in total. The lowest BCUT2D eigenvalue weighted by molar-refractivity contribution is 0.275. The molecule has 2 aromatic carbocycles. The van der Waals surface area contributed by atoms with Crippen LogP contribution in [0.4, 0.5) is 5.82 Å². The molecule has 4 rings (SSSR count). The molecular formula is C21H21N3O2. The fraction of sp³-hybridized carbons (Fsp3) is 0.238. The first-order valence-corrected chi connectivity index (χ1v) is 8.81. The van der Waals surface area contributed by atoms with Gasteiger partial charge in [0.15, 0.2) is 11.4 Å². The van der Waals surface area contributed by atoms with Crippen LogP contribution in [0, 0.1) is 0 Å². The third-order valence-electron chi connectivity index (χ3n) is 4.69. The molecule has 1 atom stereocenters. The fourth-order valence-electron chi connectivity index (χ4n) is 3.28. The largest absolute Gasteiger partial charge is 0.450 e. The second-order valence-corrected chi connectivity index (χ2v) is 6.45. The molecule has 1 N–H and O–H groups in total. The van der Waals surface area contributed by atoms with E-state index in [-0.39, 0.29) is 12.6 Å². The zero-order valence-corrected chi connectivity index (χ0v) is 14.7. The highest BCUT2D eigenvalue weighted by Gasteiger charge is 2.22. The van der Waals surface area contributed by atoms with Crippen LogP contribution in [-0.2, 0) is 6.54 Å². The molecule has 2 aromatic heterocycles. The van der Waals surface area contributed by atoms with Crippen LogP contribution >= 0.6 is 0 Å². The van der Waals surface area contributed by atoms with Gasteiger partial charge in [-0.2, -0.15) is 0 Å². The highest BCUT2D eigenvalue weighted by molar-refractivity contribution is 6.05. The highest BCUT2D eigenvalue weighted by atomic mass is 16.3. The third-order valence-corrected chi connectivity index (χ3v) is 4.69. The van der Waals surface area contributed by atoms with Gasteiger partial charge in [-0.3, -0.25) is 0 Å². The van der Waals surface area contributed by atoms with Gasteiger partial charge in [-0.15, -0.1) is 0 Å². The quantitative estimate of drug-likeness (QED) is 0.567. The Morgan fingerprint density at radius 2 is 1.81 bits per heavy atom. The van der Waals surface area contributed by atoms with E-state index in [1.165, 1.54) is 5.56 Å². The lowest BCUT2D eigenvalue weighted by atomic mass is 10.1. The summed E-state index contributed by atoms with van der Waals surface area (Å²) in [6.45, 7) is 2.90. The maximum absolute atomic E-state index is 9.44. The van der Waals surface area contributed by atoms with Crippen LogP contribution < -0.4 is 4.90 Å². The average Bonchev–Trinajstić information content (AvgIpc) is 3.06. The molecule has 0 amide bonds. The standard InChI is InChI=1S/C21H21N3O2/c1-15(11-12-25)24(13-16-7-3-2-4-8-16)21-20-19(22-14-23-21)17-9-5-6-10-18(17)26-20/h2-10,14-15,25H,11-13H2,1H3. The van der Waals surface area contributed by atoms with Gasteiger partial charge >= 0.3 is 0 Å². The summed E-state index contributed by atoms with van der Waals surface area (Å²) in [5, 5.41) is 10.4. The molecular weight excluding hydrogens is 326 g/mol. The van der Waals surface area contributed by atoms with Gasteiger partial charge in [-0.25, -0.2) is 9.97 Å². The monoisotopic (exact) mass is 347 g/mol. The number of furan rings is 1. The van der Waals surface area contributed by atoms with E-state index in [9.17, 15) is 5.11 Å². The van der Waals surface area contributed by atoms with E-state index in [0.717, 1.165) is 22.3 Å². The molecule has 0 saturated carbocycles. The van der Waals surface area contributed by atoms with Gasteiger partial charge in [0.05, 0.1) is 0 Å². The van der Waals surface area contributed by atoms with Gasteiger partial charge < -0.3 is 14.4 Å². The van der Waals surface area contributed by atoms with E-state index in [4.69, 9.17) is 4.42 Å². The molecule has 2 heterocycles. The van der Waals surface area contributed by atoms with Crippen molar-refractivity contribution in [2.75, 3.05) is 11.5 Å². The summed E-state index contributed by atoms with van der Waals surface area (Å²) >= 11 is 0. The Hall–Kier alpha value is -2.92. The van der Waals surface area contributed by atoms with Crippen molar-refractivity contribution >= 4 is 27.9 Å². The lowest BCUT2D eigenvalue weighted by Crippen LogP contribution is -2.34. The first kappa shape index (κ1) is 16.5. The number of fused-ring (bicyclic) bond motifs is 3. The number of nitrogens with zero attached hydrogens (tertiary/aromatic N) is 3. The first-order valence-electron chi connectivity index (χ1n) is 8.81. The molecule has 0 spiro atoms. The summed E-state index contributed by atoms with van der Waals surface area (Å²) < 4.78 is 6.10. The summed E-state index contributed by atoms with van der Waals surface area (Å²) in [7, 11) is 0. The number of rotatable bonds is 6. The van der Waals surface area contributed by atoms with Crippen molar-refractivity contribution in [3.8, 4) is 0 Å². The zero-order chi connectivity index (χ0) is 17.9. The van der Waals surface area contributed by atoms with E-state index < -0.39 is 0 Å². The number of hydrogen-bond acceptors (Lipinski definition) is 5. The molecule has 5 heteroatoms. The SMILES string of the molecule is CC(CCO)N(Cc1ccccc1)c1ncnc2c1oc1ccccc12. The number of anilines is 1. The molecule has 0 aliphatic heterocycles. The maximum atomic E-state index is 9.44. The Morgan fingerprint density at radius 1 is 1.04 bits per heavy atom. The molecule has 0 bridgehead atoms. The minimum atomic E-state index is 0.103. The van der Waals surface area contributed by atoms with E-state index >= 15 is 0 Å². The summed E-state index contributed by atoms with van der Waals surface area (Å²) in [5.41, 5.74) is 3.49. The minimum Gasteiger partial charge on any atom is -0.450 e. The molecule has 26 heavy (non-hydrogen) atoms. The Kier molecular flexibility index (Phi) is 4.54. The van der Waals surface area contributed by atoms with Gasteiger partial charge in [0.2, 0.25) is 0 Å². The second-order valence-electron chi connectivity index (χ2n) is 6.45. The zero-order valence-electron chi connectivity index (χ0n) is 14.7. The summed E-state index contributed by atoms with van der Waals surface area (Å²) in [6.07, 6.45) is 2.24. The summed E-state index contributed by atoms with van der Waals surface area (Å²) in [5.74, 6) is 0.760. The van der Waals surface area contributed by atoms with Crippen LogP contribution in [0.15, 0.2) is 65.3 Å². The smallest absolute Gasteiger partial charge is 0.196 e. The van der Waals surface area contributed by atoms with Crippen molar-refractivity contribution in [1.82, 2.24) is 9.97 Å². The van der Waals surface area contributed by atoms with Crippen molar-refractivity contribution in [2.24, 2.45) is 0 Å². The van der Waals surface area contributed by atoms with E-state index in [1.807, 2.05) is 42.5 Å². The number of benzene rings is 2. The summed E-state index contributed by atoms with van der Waals surface area (Å²) in [6, 6.07) is 18.2. The van der Waals surface area contributed by atoms with Gasteiger partial charge in [0.1, 0.15) is 17.4 Å². The highest BCUT2D eigenvalue weighted by Crippen LogP contribution is 2.33. The van der Waals surface area contributed by atoms with Crippen LogP contribution in [0.1, 0.15) is 18.9 Å². The Balaban J connectivity index is 1.84. The molecule has 1 unspecified atom stereocenters. The second kappa shape index (κ2) is 7.14. The average molecular weight is 347 g/mol. The number of aliphatic hydroxyl groups excluding tert-OH is 1. The third kappa shape index (κ3) is 3.02. The lowest BCUT2D eigenvalue weighted by Gasteiger charge is -2.30. The Labute approximate surface area is 151 Å². The van der Waals surface area contributed by atoms with Crippen LogP contribution in [0.5, 0.6) is 0 Å². The molecule has 0 saturated heterocycles. The Bertz CT molecular complexity index is 1010. The van der Waals surface area contributed by atoms with Gasteiger partial charge in [0.25, 0.3) is 0 Å². The molecule has 0 aliphatic rings. The molecule has 0 fully saturated rings. The normalized spacial score (nSPS) is 12.5. The fourth-order valence-corrected chi connectivity index (χ4v) is 3.28. The maximum Gasteiger partial charge on any atom is 0.196 e. The van der Waals surface area contributed by atoms with Crippen molar-refractivity contribution < 1.29 is 9.52 Å².